The Kier molecular flexibility index (Phi) is 5.17. The Morgan fingerprint density at radius 1 is 1.08 bits per heavy atom. The van der Waals surface area contributed by atoms with E-state index in [2.05, 4.69) is 10.3 Å². The fourth-order valence-electron chi connectivity index (χ4n) is 2.12. The predicted octanol–water partition coefficient (Wildman–Crippen LogP) is 3.88. The van der Waals surface area contributed by atoms with E-state index in [1.807, 2.05) is 12.1 Å². The number of nitrogens with one attached hydrogen (secondary N) is 1. The quantitative estimate of drug-likeness (QED) is 0.714. The van der Waals surface area contributed by atoms with E-state index in [9.17, 15) is 13.2 Å². The predicted molar refractivity (Wildman–Crippen MR) is 99.7 cm³/mol. The number of halogens is 1. The highest BCUT2D eigenvalue weighted by Gasteiger charge is 2.20. The number of benzene rings is 2. The first kappa shape index (κ1) is 17.6. The number of hydrogen-bond acceptors (Lipinski definition) is 5. The minimum absolute atomic E-state index is 0.117. The lowest BCUT2D eigenvalue weighted by atomic mass is 10.2. The molecule has 1 amide bonds. The third-order valence-corrected chi connectivity index (χ3v) is 5.96. The van der Waals surface area contributed by atoms with Crippen LogP contribution < -0.4 is 5.32 Å². The molecule has 0 aliphatic carbocycles. The number of hydrogen-bond donors (Lipinski definition) is 1. The van der Waals surface area contributed by atoms with Crippen molar-refractivity contribution in [2.24, 2.45) is 0 Å². The van der Waals surface area contributed by atoms with Crippen LogP contribution in [-0.2, 0) is 14.6 Å². The fourth-order valence-corrected chi connectivity index (χ4v) is 4.14. The maximum atomic E-state index is 12.2. The van der Waals surface area contributed by atoms with Crippen LogP contribution in [0.15, 0.2) is 64.9 Å². The molecule has 5 nitrogen and oxygen atoms in total. The second-order valence-corrected chi connectivity index (χ2v) is 8.45. The molecule has 128 valence electrons. The number of thiazole rings is 1. The third kappa shape index (κ3) is 4.45. The summed E-state index contributed by atoms with van der Waals surface area (Å²) in [5.41, 5.74) is 1.54. The summed E-state index contributed by atoms with van der Waals surface area (Å²) in [4.78, 5) is 16.5. The molecule has 1 heterocycles. The lowest BCUT2D eigenvalue weighted by Gasteiger charge is -2.04. The summed E-state index contributed by atoms with van der Waals surface area (Å²) in [6, 6.07) is 15.0. The largest absolute Gasteiger partial charge is 0.301 e. The Morgan fingerprint density at radius 2 is 1.76 bits per heavy atom. The number of nitrogens with zero attached hydrogens (tertiary/aromatic N) is 1. The van der Waals surface area contributed by atoms with Gasteiger partial charge in [-0.3, -0.25) is 4.79 Å². The van der Waals surface area contributed by atoms with Crippen LogP contribution in [0.5, 0.6) is 0 Å². The zero-order chi connectivity index (χ0) is 17.9. The zero-order valence-electron chi connectivity index (χ0n) is 12.8. The number of rotatable bonds is 5. The number of carbonyl (C=O) groups excluding carboxylic acids is 1. The second-order valence-electron chi connectivity index (χ2n) is 5.17. The molecule has 0 atom stereocenters. The average Bonchev–Trinajstić information content (AvgIpc) is 3.04. The fraction of sp³-hybridized carbons (Fsp3) is 0.0588. The van der Waals surface area contributed by atoms with Crippen molar-refractivity contribution in [1.29, 1.82) is 0 Å². The van der Waals surface area contributed by atoms with E-state index in [1.54, 1.807) is 35.7 Å². The van der Waals surface area contributed by atoms with Crippen LogP contribution in [-0.4, -0.2) is 25.1 Å². The minimum atomic E-state index is -3.68. The van der Waals surface area contributed by atoms with Gasteiger partial charge in [-0.25, -0.2) is 13.4 Å². The van der Waals surface area contributed by atoms with Gasteiger partial charge < -0.3 is 5.32 Å². The van der Waals surface area contributed by atoms with Crippen molar-refractivity contribution in [3.8, 4) is 11.3 Å². The first-order chi connectivity index (χ1) is 11.9. The van der Waals surface area contributed by atoms with Gasteiger partial charge in [0.2, 0.25) is 5.91 Å². The number of amides is 1. The molecule has 1 N–H and O–H groups in total. The highest BCUT2D eigenvalue weighted by Crippen LogP contribution is 2.26. The number of anilines is 1. The van der Waals surface area contributed by atoms with E-state index in [0.717, 1.165) is 5.56 Å². The molecule has 0 radical (unpaired) electrons. The van der Waals surface area contributed by atoms with Gasteiger partial charge in [-0.1, -0.05) is 41.9 Å². The molecule has 0 aliphatic heterocycles. The van der Waals surface area contributed by atoms with Crippen LogP contribution in [0, 0.1) is 0 Å². The van der Waals surface area contributed by atoms with E-state index in [0.29, 0.717) is 15.8 Å². The van der Waals surface area contributed by atoms with Crippen LogP contribution in [0.2, 0.25) is 5.02 Å². The molecular weight excluding hydrogens is 380 g/mol. The van der Waals surface area contributed by atoms with Crippen molar-refractivity contribution in [2.45, 2.75) is 4.90 Å². The van der Waals surface area contributed by atoms with E-state index in [1.165, 1.54) is 23.5 Å². The van der Waals surface area contributed by atoms with E-state index in [-0.39, 0.29) is 4.90 Å². The third-order valence-electron chi connectivity index (χ3n) is 3.31. The molecule has 0 bridgehead atoms. The van der Waals surface area contributed by atoms with Gasteiger partial charge in [0.1, 0.15) is 5.75 Å². The molecule has 2 aromatic carbocycles. The van der Waals surface area contributed by atoms with Gasteiger partial charge in [-0.2, -0.15) is 0 Å². The summed E-state index contributed by atoms with van der Waals surface area (Å²) in [5, 5.41) is 5.28. The van der Waals surface area contributed by atoms with Gasteiger partial charge in [-0.15, -0.1) is 11.3 Å². The number of sulfone groups is 1. The summed E-state index contributed by atoms with van der Waals surface area (Å²) in [6.45, 7) is 0. The van der Waals surface area contributed by atoms with Gasteiger partial charge in [0.05, 0.1) is 10.6 Å². The summed E-state index contributed by atoms with van der Waals surface area (Å²) >= 11 is 7.08. The van der Waals surface area contributed by atoms with E-state index >= 15 is 0 Å². The smallest absolute Gasteiger partial charge is 0.241 e. The summed E-state index contributed by atoms with van der Waals surface area (Å²) < 4.78 is 24.4. The highest BCUT2D eigenvalue weighted by molar-refractivity contribution is 7.92. The molecule has 0 fully saturated rings. The normalized spacial score (nSPS) is 11.2. The molecule has 0 spiro atoms. The molecule has 8 heteroatoms. The standard InChI is InChI=1S/C17H13ClN2O3S2/c18-13-8-6-12(7-9-13)15-10-24-17(19-15)20-16(21)11-25(22,23)14-4-2-1-3-5-14/h1-10H,11H2,(H,19,20,21). The molecule has 3 rings (SSSR count). The van der Waals surface area contributed by atoms with Gasteiger partial charge >= 0.3 is 0 Å². The second kappa shape index (κ2) is 7.35. The van der Waals surface area contributed by atoms with Gasteiger partial charge in [0.15, 0.2) is 15.0 Å². The lowest BCUT2D eigenvalue weighted by molar-refractivity contribution is -0.113. The van der Waals surface area contributed by atoms with Gasteiger partial charge in [-0.05, 0) is 24.3 Å². The van der Waals surface area contributed by atoms with Crippen LogP contribution in [0.4, 0.5) is 5.13 Å². The van der Waals surface area contributed by atoms with Gasteiger partial charge in [0.25, 0.3) is 0 Å². The SMILES string of the molecule is O=C(CS(=O)(=O)c1ccccc1)Nc1nc(-c2ccc(Cl)cc2)cs1. The maximum absolute atomic E-state index is 12.2. The molecule has 0 aliphatic rings. The van der Waals surface area contributed by atoms with Crippen LogP contribution in [0.25, 0.3) is 11.3 Å². The zero-order valence-corrected chi connectivity index (χ0v) is 15.2. The number of aromatic nitrogens is 1. The molecule has 1 aromatic heterocycles. The molecular formula is C17H13ClN2O3S2. The first-order valence-electron chi connectivity index (χ1n) is 7.23. The summed E-state index contributed by atoms with van der Waals surface area (Å²) in [6.07, 6.45) is 0. The van der Waals surface area contributed by atoms with E-state index < -0.39 is 21.5 Å². The molecule has 0 saturated carbocycles. The highest BCUT2D eigenvalue weighted by atomic mass is 35.5. The molecule has 25 heavy (non-hydrogen) atoms. The van der Waals surface area contributed by atoms with Crippen molar-refractivity contribution in [3.05, 3.63) is 65.0 Å². The van der Waals surface area contributed by atoms with Crippen molar-refractivity contribution in [1.82, 2.24) is 4.98 Å². The Bertz CT molecular complexity index is 984. The van der Waals surface area contributed by atoms with E-state index in [4.69, 9.17) is 11.6 Å². The minimum Gasteiger partial charge on any atom is -0.301 e. The number of carbonyl (C=O) groups is 1. The van der Waals surface area contributed by atoms with Crippen LogP contribution in [0.1, 0.15) is 0 Å². The summed E-state index contributed by atoms with van der Waals surface area (Å²) in [5.74, 6) is -1.26. The molecule has 3 aromatic rings. The Balaban J connectivity index is 1.69. The van der Waals surface area contributed by atoms with Crippen molar-refractivity contribution < 1.29 is 13.2 Å². The maximum Gasteiger partial charge on any atom is 0.241 e. The van der Waals surface area contributed by atoms with Crippen molar-refractivity contribution in [2.75, 3.05) is 11.1 Å². The lowest BCUT2D eigenvalue weighted by Crippen LogP contribution is -2.22. The monoisotopic (exact) mass is 392 g/mol. The Morgan fingerprint density at radius 3 is 2.44 bits per heavy atom. The molecule has 0 unspecified atom stereocenters. The summed E-state index contributed by atoms with van der Waals surface area (Å²) in [7, 11) is -3.68. The Labute approximate surface area is 154 Å². The van der Waals surface area contributed by atoms with Crippen LogP contribution >= 0.6 is 22.9 Å². The Hall–Kier alpha value is -2.22. The van der Waals surface area contributed by atoms with Crippen molar-refractivity contribution >= 4 is 43.8 Å². The average molecular weight is 393 g/mol. The first-order valence-corrected chi connectivity index (χ1v) is 10.1. The van der Waals surface area contributed by atoms with Gasteiger partial charge in [0, 0.05) is 16.0 Å². The van der Waals surface area contributed by atoms with Crippen molar-refractivity contribution in [3.63, 3.8) is 0 Å². The van der Waals surface area contributed by atoms with Crippen LogP contribution in [0.3, 0.4) is 0 Å². The topological polar surface area (TPSA) is 76.1 Å². The molecule has 0 saturated heterocycles.